The molecule has 4 N–H and O–H groups in total. The Bertz CT molecular complexity index is 915. The van der Waals surface area contributed by atoms with Gasteiger partial charge in [-0.25, -0.2) is 9.59 Å². The highest BCUT2D eigenvalue weighted by atomic mass is 16.5. The molecule has 1 aliphatic carbocycles. The molecule has 0 saturated heterocycles. The Labute approximate surface area is 180 Å². The molecule has 0 spiro atoms. The highest BCUT2D eigenvalue weighted by Crippen LogP contribution is 2.44. The van der Waals surface area contributed by atoms with Crippen LogP contribution in [0.1, 0.15) is 36.8 Å². The van der Waals surface area contributed by atoms with Gasteiger partial charge in [0.05, 0.1) is 12.5 Å². The summed E-state index contributed by atoms with van der Waals surface area (Å²) in [6, 6.07) is 15.0. The minimum absolute atomic E-state index is 0.0733. The zero-order chi connectivity index (χ0) is 22.4. The number of ether oxygens (including phenoxy) is 1. The van der Waals surface area contributed by atoms with Crippen LogP contribution in [-0.4, -0.2) is 53.5 Å². The lowest BCUT2D eigenvalue weighted by Gasteiger charge is -2.16. The summed E-state index contributed by atoms with van der Waals surface area (Å²) in [5.74, 6) is -1.81. The number of benzene rings is 2. The molecule has 0 aliphatic heterocycles. The van der Waals surface area contributed by atoms with Crippen molar-refractivity contribution in [2.24, 2.45) is 0 Å². The number of carboxylic acid groups (broad SMARTS) is 1. The second-order valence-corrected chi connectivity index (χ2v) is 7.43. The van der Waals surface area contributed by atoms with Crippen molar-refractivity contribution in [2.45, 2.75) is 37.8 Å². The number of carboxylic acids is 1. The van der Waals surface area contributed by atoms with Gasteiger partial charge in [0.25, 0.3) is 0 Å². The second kappa shape index (κ2) is 10.1. The number of fused-ring (bicyclic) bond motifs is 3. The van der Waals surface area contributed by atoms with Crippen LogP contribution in [0.4, 0.5) is 4.79 Å². The van der Waals surface area contributed by atoms with Crippen LogP contribution >= 0.6 is 0 Å². The van der Waals surface area contributed by atoms with Crippen molar-refractivity contribution in [2.75, 3.05) is 13.2 Å². The molecule has 0 saturated carbocycles. The largest absolute Gasteiger partial charge is 0.480 e. The van der Waals surface area contributed by atoms with Crippen LogP contribution in [0.25, 0.3) is 11.1 Å². The fourth-order valence-corrected chi connectivity index (χ4v) is 3.73. The molecule has 0 bridgehead atoms. The normalized spacial score (nSPS) is 14.1. The minimum atomic E-state index is -1.16. The number of aliphatic hydroxyl groups is 1. The third-order valence-corrected chi connectivity index (χ3v) is 5.29. The predicted molar refractivity (Wildman–Crippen MR) is 114 cm³/mol. The van der Waals surface area contributed by atoms with Crippen molar-refractivity contribution in [1.82, 2.24) is 10.6 Å². The third-order valence-electron chi connectivity index (χ3n) is 5.29. The molecule has 1 unspecified atom stereocenters. The molecule has 0 aromatic heterocycles. The number of hydrogen-bond donors (Lipinski definition) is 4. The standard InChI is InChI=1S/C23H26N2O6/c1-2-20(22(28)29)25-21(27)11-14(26)12-24-23(30)31-13-19-17-9-5-3-7-15(17)16-8-4-6-10-18(16)19/h3-10,14,19-20,26H,2,11-13H2,1H3,(H,24,30)(H,25,27)(H,28,29)/t14?,20-/m1/s1. The topological polar surface area (TPSA) is 125 Å². The van der Waals surface area contributed by atoms with Gasteiger partial charge < -0.3 is 25.6 Å². The third kappa shape index (κ3) is 5.40. The van der Waals surface area contributed by atoms with Crippen LogP contribution in [0, 0.1) is 0 Å². The zero-order valence-corrected chi connectivity index (χ0v) is 17.2. The molecule has 2 atom stereocenters. The van der Waals surface area contributed by atoms with Crippen molar-refractivity contribution in [1.29, 1.82) is 0 Å². The number of aliphatic carboxylic acids is 1. The van der Waals surface area contributed by atoms with Crippen molar-refractivity contribution in [3.05, 3.63) is 59.7 Å². The Balaban J connectivity index is 1.48. The van der Waals surface area contributed by atoms with Gasteiger partial charge in [-0.3, -0.25) is 4.79 Å². The molecule has 0 radical (unpaired) electrons. The molecule has 2 aromatic rings. The van der Waals surface area contributed by atoms with Gasteiger partial charge in [0.1, 0.15) is 12.6 Å². The lowest BCUT2D eigenvalue weighted by Crippen LogP contribution is -2.43. The van der Waals surface area contributed by atoms with Crippen LogP contribution in [0.5, 0.6) is 0 Å². The highest BCUT2D eigenvalue weighted by Gasteiger charge is 2.29. The van der Waals surface area contributed by atoms with Crippen LogP contribution in [0.15, 0.2) is 48.5 Å². The highest BCUT2D eigenvalue weighted by molar-refractivity contribution is 5.83. The van der Waals surface area contributed by atoms with E-state index in [0.29, 0.717) is 0 Å². The van der Waals surface area contributed by atoms with E-state index in [-0.39, 0.29) is 31.9 Å². The van der Waals surface area contributed by atoms with Gasteiger partial charge in [-0.15, -0.1) is 0 Å². The predicted octanol–water partition coefficient (Wildman–Crippen LogP) is 2.26. The summed E-state index contributed by atoms with van der Waals surface area (Å²) in [5.41, 5.74) is 4.44. The number of aliphatic hydroxyl groups excluding tert-OH is 1. The quantitative estimate of drug-likeness (QED) is 0.487. The van der Waals surface area contributed by atoms with Gasteiger partial charge in [0.15, 0.2) is 0 Å². The maximum Gasteiger partial charge on any atom is 0.407 e. The summed E-state index contributed by atoms with van der Waals surface area (Å²) in [6.07, 6.45) is -1.95. The first-order chi connectivity index (χ1) is 14.9. The maximum atomic E-state index is 12.1. The number of alkyl carbamates (subject to hydrolysis) is 1. The zero-order valence-electron chi connectivity index (χ0n) is 17.2. The Morgan fingerprint density at radius 1 is 1.03 bits per heavy atom. The van der Waals surface area contributed by atoms with Gasteiger partial charge in [0.2, 0.25) is 5.91 Å². The van der Waals surface area contributed by atoms with Crippen molar-refractivity contribution in [3.8, 4) is 11.1 Å². The minimum Gasteiger partial charge on any atom is -0.480 e. The monoisotopic (exact) mass is 426 g/mol. The second-order valence-electron chi connectivity index (χ2n) is 7.43. The van der Waals surface area contributed by atoms with Crippen LogP contribution < -0.4 is 10.6 Å². The fraction of sp³-hybridized carbons (Fsp3) is 0.348. The summed E-state index contributed by atoms with van der Waals surface area (Å²) in [6.45, 7) is 1.59. The first-order valence-corrected chi connectivity index (χ1v) is 10.2. The molecular formula is C23H26N2O6. The number of hydrogen-bond acceptors (Lipinski definition) is 5. The summed E-state index contributed by atoms with van der Waals surface area (Å²) in [7, 11) is 0. The van der Waals surface area contributed by atoms with Crippen molar-refractivity contribution < 1.29 is 29.3 Å². The van der Waals surface area contributed by atoms with Gasteiger partial charge in [-0.05, 0) is 28.7 Å². The maximum absolute atomic E-state index is 12.1. The van der Waals surface area contributed by atoms with E-state index in [4.69, 9.17) is 9.84 Å². The molecule has 31 heavy (non-hydrogen) atoms. The number of carbonyl (C=O) groups excluding carboxylic acids is 2. The Kier molecular flexibility index (Phi) is 7.25. The Morgan fingerprint density at radius 3 is 2.16 bits per heavy atom. The average Bonchev–Trinajstić information content (AvgIpc) is 3.08. The first-order valence-electron chi connectivity index (χ1n) is 10.2. The van der Waals surface area contributed by atoms with E-state index in [1.54, 1.807) is 6.92 Å². The molecular weight excluding hydrogens is 400 g/mol. The fourth-order valence-electron chi connectivity index (χ4n) is 3.73. The van der Waals surface area contributed by atoms with E-state index in [2.05, 4.69) is 10.6 Å². The molecule has 164 valence electrons. The average molecular weight is 426 g/mol. The van der Waals surface area contributed by atoms with Gasteiger partial charge in [0, 0.05) is 12.5 Å². The lowest BCUT2D eigenvalue weighted by molar-refractivity contribution is -0.142. The van der Waals surface area contributed by atoms with Gasteiger partial charge >= 0.3 is 12.1 Å². The summed E-state index contributed by atoms with van der Waals surface area (Å²) < 4.78 is 5.37. The molecule has 3 rings (SSSR count). The summed E-state index contributed by atoms with van der Waals surface area (Å²) >= 11 is 0. The number of rotatable bonds is 9. The number of amides is 2. The SMILES string of the molecule is CC[C@@H](NC(=O)CC(O)CNC(=O)OCC1c2ccccc2-c2ccccc21)C(=O)O. The summed E-state index contributed by atoms with van der Waals surface area (Å²) in [4.78, 5) is 34.9. The van der Waals surface area contributed by atoms with Crippen molar-refractivity contribution in [3.63, 3.8) is 0 Å². The molecule has 0 heterocycles. The van der Waals surface area contributed by atoms with Crippen molar-refractivity contribution >= 4 is 18.0 Å². The number of carbonyl (C=O) groups is 3. The van der Waals surface area contributed by atoms with Gasteiger partial charge in [-0.2, -0.15) is 0 Å². The van der Waals surface area contributed by atoms with E-state index in [1.807, 2.05) is 48.5 Å². The Hall–Kier alpha value is -3.39. The molecule has 8 nitrogen and oxygen atoms in total. The van der Waals surface area contributed by atoms with E-state index in [9.17, 15) is 19.5 Å². The van der Waals surface area contributed by atoms with E-state index in [0.717, 1.165) is 22.3 Å². The molecule has 1 aliphatic rings. The van der Waals surface area contributed by atoms with E-state index in [1.165, 1.54) is 0 Å². The smallest absolute Gasteiger partial charge is 0.407 e. The molecule has 2 amide bonds. The van der Waals surface area contributed by atoms with Gasteiger partial charge in [-0.1, -0.05) is 55.5 Å². The van der Waals surface area contributed by atoms with Crippen LogP contribution in [-0.2, 0) is 14.3 Å². The first kappa shape index (κ1) is 22.3. The summed E-state index contributed by atoms with van der Waals surface area (Å²) in [5, 5.41) is 23.7. The van der Waals surface area contributed by atoms with Crippen LogP contribution in [0.2, 0.25) is 0 Å². The molecule has 8 heteroatoms. The molecule has 2 aromatic carbocycles. The van der Waals surface area contributed by atoms with E-state index >= 15 is 0 Å². The van der Waals surface area contributed by atoms with Crippen LogP contribution in [0.3, 0.4) is 0 Å². The number of nitrogens with one attached hydrogen (secondary N) is 2. The molecule has 0 fully saturated rings. The lowest BCUT2D eigenvalue weighted by atomic mass is 9.98. The Morgan fingerprint density at radius 2 is 1.61 bits per heavy atom. The van der Waals surface area contributed by atoms with E-state index < -0.39 is 30.1 Å².